The third kappa shape index (κ3) is 1.17. The average Bonchev–Trinajstić information content (AvgIpc) is 2.27. The standard InChI is InChI=1S/C8H12F3NO/c9-8(10,11)5-1-7(4-13)3-12-2-6(5)7/h5-6,12-13H,1-4H2/t5-,6+,7+/m0/s1. The van der Waals surface area contributed by atoms with E-state index in [9.17, 15) is 13.2 Å². The van der Waals surface area contributed by atoms with Crippen LogP contribution in [0, 0.1) is 17.3 Å². The zero-order chi connectivity index (χ0) is 9.69. The summed E-state index contributed by atoms with van der Waals surface area (Å²) in [4.78, 5) is 0. The van der Waals surface area contributed by atoms with Crippen LogP contribution in [0.1, 0.15) is 6.42 Å². The Morgan fingerprint density at radius 3 is 2.69 bits per heavy atom. The van der Waals surface area contributed by atoms with Gasteiger partial charge in [0, 0.05) is 12.0 Å². The zero-order valence-corrected chi connectivity index (χ0v) is 7.06. The molecule has 0 unspecified atom stereocenters. The number of hydrogen-bond acceptors (Lipinski definition) is 2. The lowest BCUT2D eigenvalue weighted by Crippen LogP contribution is -2.55. The minimum atomic E-state index is -4.09. The fraction of sp³-hybridized carbons (Fsp3) is 1.00. The van der Waals surface area contributed by atoms with Gasteiger partial charge in [0.25, 0.3) is 0 Å². The summed E-state index contributed by atoms with van der Waals surface area (Å²) in [5, 5.41) is 11.9. The van der Waals surface area contributed by atoms with Crippen LogP contribution in [0.5, 0.6) is 0 Å². The number of alkyl halides is 3. The quantitative estimate of drug-likeness (QED) is 0.647. The summed E-state index contributed by atoms with van der Waals surface area (Å²) in [6, 6.07) is 0. The molecule has 0 radical (unpaired) electrons. The molecule has 0 amide bonds. The van der Waals surface area contributed by atoms with Crippen LogP contribution in [-0.4, -0.2) is 31.0 Å². The van der Waals surface area contributed by atoms with E-state index >= 15 is 0 Å². The fourth-order valence-electron chi connectivity index (χ4n) is 2.62. The number of fused-ring (bicyclic) bond motifs is 1. The van der Waals surface area contributed by atoms with Gasteiger partial charge in [0.2, 0.25) is 0 Å². The highest BCUT2D eigenvalue weighted by Gasteiger charge is 2.64. The number of hydrogen-bond donors (Lipinski definition) is 2. The molecule has 13 heavy (non-hydrogen) atoms. The largest absolute Gasteiger partial charge is 0.396 e. The van der Waals surface area contributed by atoms with E-state index in [0.717, 1.165) is 0 Å². The van der Waals surface area contributed by atoms with Crippen LogP contribution in [0.4, 0.5) is 13.2 Å². The van der Waals surface area contributed by atoms with E-state index in [1.807, 2.05) is 0 Å². The molecule has 3 atom stereocenters. The monoisotopic (exact) mass is 195 g/mol. The third-order valence-electron chi connectivity index (χ3n) is 3.48. The van der Waals surface area contributed by atoms with Crippen molar-refractivity contribution in [3.05, 3.63) is 0 Å². The van der Waals surface area contributed by atoms with Crippen molar-refractivity contribution in [2.75, 3.05) is 19.7 Å². The van der Waals surface area contributed by atoms with Crippen molar-refractivity contribution in [2.45, 2.75) is 12.6 Å². The summed E-state index contributed by atoms with van der Waals surface area (Å²) < 4.78 is 37.0. The highest BCUT2D eigenvalue weighted by Crippen LogP contribution is 2.58. The molecular formula is C8H12F3NO. The van der Waals surface area contributed by atoms with Crippen molar-refractivity contribution in [1.29, 1.82) is 0 Å². The highest BCUT2D eigenvalue weighted by molar-refractivity contribution is 5.09. The topological polar surface area (TPSA) is 32.3 Å². The summed E-state index contributed by atoms with van der Waals surface area (Å²) in [6.45, 7) is 0.794. The van der Waals surface area contributed by atoms with Crippen molar-refractivity contribution >= 4 is 0 Å². The molecule has 2 nitrogen and oxygen atoms in total. The lowest BCUT2D eigenvalue weighted by molar-refractivity contribution is -0.245. The van der Waals surface area contributed by atoms with Crippen molar-refractivity contribution in [1.82, 2.24) is 5.32 Å². The second-order valence-corrected chi connectivity index (χ2v) is 4.11. The van der Waals surface area contributed by atoms with Gasteiger partial charge in [-0.2, -0.15) is 13.2 Å². The average molecular weight is 195 g/mol. The molecular weight excluding hydrogens is 183 g/mol. The van der Waals surface area contributed by atoms with E-state index in [1.54, 1.807) is 0 Å². The molecule has 1 heterocycles. The van der Waals surface area contributed by atoms with Gasteiger partial charge >= 0.3 is 6.18 Å². The molecule has 1 aliphatic carbocycles. The molecule has 0 aromatic rings. The van der Waals surface area contributed by atoms with E-state index in [2.05, 4.69) is 5.32 Å². The summed E-state index contributed by atoms with van der Waals surface area (Å²) in [7, 11) is 0. The van der Waals surface area contributed by atoms with Crippen LogP contribution in [0.15, 0.2) is 0 Å². The Labute approximate surface area is 74.1 Å². The first-order chi connectivity index (χ1) is 5.99. The SMILES string of the molecule is OC[C@@]12CNC[C@@H]1[C@@H](C(F)(F)F)C2. The Kier molecular flexibility index (Phi) is 1.86. The van der Waals surface area contributed by atoms with Crippen LogP contribution >= 0.6 is 0 Å². The van der Waals surface area contributed by atoms with Crippen LogP contribution in [-0.2, 0) is 0 Å². The molecule has 0 aromatic carbocycles. The molecule has 1 saturated carbocycles. The van der Waals surface area contributed by atoms with E-state index in [-0.39, 0.29) is 13.0 Å². The van der Waals surface area contributed by atoms with Gasteiger partial charge in [0.05, 0.1) is 12.5 Å². The van der Waals surface area contributed by atoms with Gasteiger partial charge in [-0.05, 0) is 18.9 Å². The lowest BCUT2D eigenvalue weighted by Gasteiger charge is -2.50. The second-order valence-electron chi connectivity index (χ2n) is 4.11. The van der Waals surface area contributed by atoms with Crippen LogP contribution < -0.4 is 5.32 Å². The lowest BCUT2D eigenvalue weighted by atomic mass is 9.55. The molecule has 0 spiro atoms. The van der Waals surface area contributed by atoms with Gasteiger partial charge in [-0.1, -0.05) is 0 Å². The summed E-state index contributed by atoms with van der Waals surface area (Å²) in [5.74, 6) is -1.60. The van der Waals surface area contributed by atoms with E-state index in [4.69, 9.17) is 5.11 Å². The maximum Gasteiger partial charge on any atom is 0.392 e. The van der Waals surface area contributed by atoms with Crippen LogP contribution in [0.2, 0.25) is 0 Å². The molecule has 1 aliphatic heterocycles. The Balaban J connectivity index is 2.09. The number of rotatable bonds is 1. The van der Waals surface area contributed by atoms with Gasteiger partial charge < -0.3 is 10.4 Å². The molecule has 2 rings (SSSR count). The molecule has 2 fully saturated rings. The molecule has 5 heteroatoms. The number of aliphatic hydroxyl groups excluding tert-OH is 1. The van der Waals surface area contributed by atoms with Gasteiger partial charge in [0.15, 0.2) is 0 Å². The molecule has 76 valence electrons. The Hall–Kier alpha value is -0.290. The first-order valence-corrected chi connectivity index (χ1v) is 4.38. The molecule has 0 aromatic heterocycles. The minimum absolute atomic E-state index is 0.0880. The molecule has 0 bridgehead atoms. The smallest absolute Gasteiger partial charge is 0.392 e. The van der Waals surface area contributed by atoms with Crippen molar-refractivity contribution < 1.29 is 18.3 Å². The van der Waals surface area contributed by atoms with Gasteiger partial charge in [0.1, 0.15) is 0 Å². The Bertz CT molecular complexity index is 218. The number of aliphatic hydroxyl groups is 1. The van der Waals surface area contributed by atoms with Crippen molar-refractivity contribution in [3.63, 3.8) is 0 Å². The normalized spacial score (nSPS) is 44.3. The Morgan fingerprint density at radius 1 is 1.46 bits per heavy atom. The highest BCUT2D eigenvalue weighted by atomic mass is 19.4. The minimum Gasteiger partial charge on any atom is -0.396 e. The van der Waals surface area contributed by atoms with Crippen molar-refractivity contribution in [2.24, 2.45) is 17.3 Å². The molecule has 1 saturated heterocycles. The molecule has 2 aliphatic rings. The van der Waals surface area contributed by atoms with Gasteiger partial charge in [-0.25, -0.2) is 0 Å². The fourth-order valence-corrected chi connectivity index (χ4v) is 2.62. The van der Waals surface area contributed by atoms with Crippen LogP contribution in [0.25, 0.3) is 0 Å². The van der Waals surface area contributed by atoms with E-state index in [1.165, 1.54) is 0 Å². The predicted molar refractivity (Wildman–Crippen MR) is 40.0 cm³/mol. The second kappa shape index (κ2) is 2.60. The van der Waals surface area contributed by atoms with Gasteiger partial charge in [-0.15, -0.1) is 0 Å². The zero-order valence-electron chi connectivity index (χ0n) is 7.06. The number of halogens is 3. The first kappa shape index (κ1) is 9.27. The Morgan fingerprint density at radius 2 is 2.15 bits per heavy atom. The van der Waals surface area contributed by atoms with Crippen molar-refractivity contribution in [3.8, 4) is 0 Å². The summed E-state index contributed by atoms with van der Waals surface area (Å²) in [6.07, 6.45) is -4.00. The van der Waals surface area contributed by atoms with E-state index in [0.29, 0.717) is 13.1 Å². The molecule has 2 N–H and O–H groups in total. The maximum atomic E-state index is 12.3. The summed E-state index contributed by atoms with van der Waals surface area (Å²) >= 11 is 0. The predicted octanol–water partition coefficient (Wildman–Crippen LogP) is 0.767. The number of nitrogens with one attached hydrogen (secondary N) is 1. The maximum absolute atomic E-state index is 12.3. The summed E-state index contributed by atoms with van der Waals surface area (Å²) in [5.41, 5.74) is -0.472. The first-order valence-electron chi connectivity index (χ1n) is 4.38. The van der Waals surface area contributed by atoms with Crippen LogP contribution in [0.3, 0.4) is 0 Å². The van der Waals surface area contributed by atoms with Gasteiger partial charge in [-0.3, -0.25) is 0 Å². The van der Waals surface area contributed by atoms with E-state index < -0.39 is 23.4 Å². The third-order valence-corrected chi connectivity index (χ3v) is 3.48.